The van der Waals surface area contributed by atoms with Gasteiger partial charge >= 0.3 is 0 Å². The van der Waals surface area contributed by atoms with Crippen molar-refractivity contribution >= 4 is 5.91 Å². The molecule has 2 atom stereocenters. The lowest BCUT2D eigenvalue weighted by molar-refractivity contribution is -0.124. The summed E-state index contributed by atoms with van der Waals surface area (Å²) in [5.74, 6) is 11.8. The van der Waals surface area contributed by atoms with E-state index in [-0.39, 0.29) is 24.3 Å². The van der Waals surface area contributed by atoms with Gasteiger partial charge in [0.1, 0.15) is 0 Å². The number of carbonyl (C=O) groups is 1. The second-order valence-electron chi connectivity index (χ2n) is 10.4. The van der Waals surface area contributed by atoms with Crippen LogP contribution in [0.2, 0.25) is 0 Å². The fraction of sp³-hybridized carbons (Fsp3) is 0.844. The molecule has 0 aromatic carbocycles. The molecule has 0 saturated heterocycles. The number of aliphatic hydroxyl groups excluding tert-OH is 1. The molecule has 0 bridgehead atoms. The zero-order chi connectivity index (χ0) is 25.8. The van der Waals surface area contributed by atoms with Gasteiger partial charge in [0.2, 0.25) is 5.91 Å². The Hall–Kier alpha value is -1.45. The molecule has 0 aliphatic heterocycles. The van der Waals surface area contributed by atoms with E-state index in [4.69, 9.17) is 5.73 Å². The first-order chi connectivity index (χ1) is 17.1. The highest BCUT2D eigenvalue weighted by Gasteiger charge is 2.21. The Morgan fingerprint density at radius 1 is 0.657 bits per heavy atom. The Morgan fingerprint density at radius 3 is 1.40 bits per heavy atom. The van der Waals surface area contributed by atoms with Crippen molar-refractivity contribution in [1.29, 1.82) is 0 Å². The molecule has 0 aliphatic carbocycles. The summed E-state index contributed by atoms with van der Waals surface area (Å²) in [6.45, 7) is 4.19. The number of nitrogens with two attached hydrogens (primary N) is 1. The van der Waals surface area contributed by atoms with E-state index < -0.39 is 0 Å². The number of hydrogen-bond donors (Lipinski definition) is 2. The van der Waals surface area contributed by atoms with Gasteiger partial charge in [-0.2, -0.15) is 0 Å². The molecule has 3 heteroatoms. The number of primary amides is 1. The van der Waals surface area contributed by atoms with Crippen LogP contribution in [-0.2, 0) is 4.79 Å². The van der Waals surface area contributed by atoms with Gasteiger partial charge in [-0.1, -0.05) is 135 Å². The van der Waals surface area contributed by atoms with E-state index in [2.05, 4.69) is 30.6 Å². The summed E-state index contributed by atoms with van der Waals surface area (Å²) >= 11 is 0. The molecule has 0 radical (unpaired) electrons. The molecule has 0 saturated carbocycles. The minimum atomic E-state index is -0.285. The molecule has 0 rings (SSSR count). The Morgan fingerprint density at radius 2 is 1.03 bits per heavy atom. The van der Waals surface area contributed by atoms with Crippen LogP contribution in [-0.4, -0.2) is 17.6 Å². The highest BCUT2D eigenvalue weighted by atomic mass is 16.3. The van der Waals surface area contributed by atoms with E-state index in [1.807, 2.05) is 6.92 Å². The van der Waals surface area contributed by atoms with Gasteiger partial charge in [0.05, 0.1) is 0 Å². The van der Waals surface area contributed by atoms with E-state index >= 15 is 0 Å². The highest BCUT2D eigenvalue weighted by molar-refractivity contribution is 5.76. The van der Waals surface area contributed by atoms with Crippen molar-refractivity contribution in [3.8, 4) is 23.7 Å². The van der Waals surface area contributed by atoms with Crippen LogP contribution in [0.5, 0.6) is 0 Å². The summed E-state index contributed by atoms with van der Waals surface area (Å²) in [7, 11) is 0. The molecule has 0 heterocycles. The third-order valence-electron chi connectivity index (χ3n) is 7.05. The standard InChI is InChI=1S/C32H57NO2/c1-3-4-5-6-7-8-9-10-11-12-13-14-15-16-17-18-19-20-21-22-23-24-25-26-27-28-31(32(33)35)30(2)29-34/h30-31,34H,3-17,22-29H2,1-2H3,(H2,33,35). The van der Waals surface area contributed by atoms with Gasteiger partial charge in [-0.05, 0) is 37.0 Å². The quantitative estimate of drug-likeness (QED) is 0.106. The monoisotopic (exact) mass is 487 g/mol. The number of aliphatic hydroxyl groups is 1. The summed E-state index contributed by atoms with van der Waals surface area (Å²) in [6, 6.07) is 0. The molecule has 202 valence electrons. The van der Waals surface area contributed by atoms with E-state index in [1.165, 1.54) is 89.9 Å². The fourth-order valence-corrected chi connectivity index (χ4v) is 4.56. The maximum absolute atomic E-state index is 11.5. The zero-order valence-corrected chi connectivity index (χ0v) is 23.4. The lowest BCUT2D eigenvalue weighted by Gasteiger charge is -2.18. The molecule has 1 amide bonds. The number of amides is 1. The second-order valence-corrected chi connectivity index (χ2v) is 10.4. The van der Waals surface area contributed by atoms with Crippen molar-refractivity contribution < 1.29 is 9.90 Å². The van der Waals surface area contributed by atoms with Gasteiger partial charge in [-0.15, -0.1) is 0 Å². The maximum Gasteiger partial charge on any atom is 0.220 e. The Balaban J connectivity index is 3.40. The third kappa shape index (κ3) is 24.0. The average Bonchev–Trinajstić information content (AvgIpc) is 2.85. The lowest BCUT2D eigenvalue weighted by Crippen LogP contribution is -2.30. The molecule has 0 aromatic rings. The summed E-state index contributed by atoms with van der Waals surface area (Å²) in [6.07, 6.45) is 27.7. The minimum Gasteiger partial charge on any atom is -0.396 e. The van der Waals surface area contributed by atoms with Gasteiger partial charge in [0, 0.05) is 25.4 Å². The van der Waals surface area contributed by atoms with Crippen LogP contribution >= 0.6 is 0 Å². The van der Waals surface area contributed by atoms with Crippen LogP contribution in [0.4, 0.5) is 0 Å². The van der Waals surface area contributed by atoms with Crippen LogP contribution in [0.15, 0.2) is 0 Å². The number of rotatable bonds is 24. The van der Waals surface area contributed by atoms with E-state index in [9.17, 15) is 9.90 Å². The van der Waals surface area contributed by atoms with Gasteiger partial charge in [-0.25, -0.2) is 0 Å². The van der Waals surface area contributed by atoms with Crippen molar-refractivity contribution in [3.05, 3.63) is 0 Å². The van der Waals surface area contributed by atoms with E-state index in [0.717, 1.165) is 51.4 Å². The normalized spacial score (nSPS) is 12.3. The number of unbranched alkanes of at least 4 members (excludes halogenated alkanes) is 19. The van der Waals surface area contributed by atoms with E-state index in [0.29, 0.717) is 0 Å². The van der Waals surface area contributed by atoms with E-state index in [1.54, 1.807) is 0 Å². The maximum atomic E-state index is 11.5. The van der Waals surface area contributed by atoms with Crippen molar-refractivity contribution in [2.75, 3.05) is 6.61 Å². The zero-order valence-electron chi connectivity index (χ0n) is 23.4. The summed E-state index contributed by atoms with van der Waals surface area (Å²) in [5, 5.41) is 9.22. The van der Waals surface area contributed by atoms with Crippen molar-refractivity contribution in [1.82, 2.24) is 0 Å². The smallest absolute Gasteiger partial charge is 0.220 e. The summed E-state index contributed by atoms with van der Waals surface area (Å²) in [4.78, 5) is 11.5. The van der Waals surface area contributed by atoms with Crippen LogP contribution in [0.1, 0.15) is 155 Å². The van der Waals surface area contributed by atoms with Gasteiger partial charge in [0.15, 0.2) is 0 Å². The van der Waals surface area contributed by atoms with Crippen LogP contribution in [0.3, 0.4) is 0 Å². The van der Waals surface area contributed by atoms with Crippen LogP contribution in [0.25, 0.3) is 0 Å². The summed E-state index contributed by atoms with van der Waals surface area (Å²) in [5.41, 5.74) is 5.44. The number of carbonyl (C=O) groups excluding carboxylic acids is 1. The molecule has 2 unspecified atom stereocenters. The van der Waals surface area contributed by atoms with Crippen LogP contribution in [0, 0.1) is 35.5 Å². The number of hydrogen-bond acceptors (Lipinski definition) is 2. The Kier molecular flexibility index (Phi) is 26.0. The summed E-state index contributed by atoms with van der Waals surface area (Å²) < 4.78 is 0. The molecule has 0 spiro atoms. The average molecular weight is 488 g/mol. The predicted molar refractivity (Wildman–Crippen MR) is 152 cm³/mol. The SMILES string of the molecule is CCCCCCCCCCCCCCCCC#CC#CCCCCCCCC(C(N)=O)C(C)CO. The first kappa shape index (κ1) is 33.5. The Bertz CT molecular complexity index is 592. The first-order valence-electron chi connectivity index (χ1n) is 15.0. The molecule has 3 nitrogen and oxygen atoms in total. The topological polar surface area (TPSA) is 63.3 Å². The predicted octanol–water partition coefficient (Wildman–Crippen LogP) is 8.33. The van der Waals surface area contributed by atoms with Crippen molar-refractivity contribution in [3.63, 3.8) is 0 Å². The van der Waals surface area contributed by atoms with Crippen LogP contribution < -0.4 is 5.73 Å². The largest absolute Gasteiger partial charge is 0.396 e. The molecule has 3 N–H and O–H groups in total. The molecular formula is C32H57NO2. The molecule has 0 aliphatic rings. The fourth-order valence-electron chi connectivity index (χ4n) is 4.56. The van der Waals surface area contributed by atoms with Gasteiger partial charge in [0.25, 0.3) is 0 Å². The van der Waals surface area contributed by atoms with Gasteiger partial charge < -0.3 is 10.8 Å². The third-order valence-corrected chi connectivity index (χ3v) is 7.05. The molecule has 35 heavy (non-hydrogen) atoms. The molecule has 0 aromatic heterocycles. The van der Waals surface area contributed by atoms with Crippen molar-refractivity contribution in [2.45, 2.75) is 155 Å². The van der Waals surface area contributed by atoms with Crippen molar-refractivity contribution in [2.24, 2.45) is 17.6 Å². The second kappa shape index (κ2) is 27.1. The molecular weight excluding hydrogens is 430 g/mol. The molecule has 0 fully saturated rings. The first-order valence-corrected chi connectivity index (χ1v) is 15.0. The Labute approximate surface area is 218 Å². The minimum absolute atomic E-state index is 0.0224. The van der Waals surface area contributed by atoms with Gasteiger partial charge in [-0.3, -0.25) is 4.79 Å². The lowest BCUT2D eigenvalue weighted by atomic mass is 9.89. The highest BCUT2D eigenvalue weighted by Crippen LogP contribution is 2.19.